The Bertz CT molecular complexity index is 349. The van der Waals surface area contributed by atoms with Gasteiger partial charge in [0, 0.05) is 17.2 Å². The number of anilines is 1. The summed E-state index contributed by atoms with van der Waals surface area (Å²) in [6, 6.07) is 1.00. The SMILES string of the molecule is CC(C)NC(=O)Nc1cc(Cl)n[n+]([O-])c1. The minimum atomic E-state index is -0.396. The van der Waals surface area contributed by atoms with Gasteiger partial charge in [-0.15, -0.1) is 0 Å². The van der Waals surface area contributed by atoms with Crippen LogP contribution in [0.1, 0.15) is 13.8 Å². The van der Waals surface area contributed by atoms with Crippen molar-refractivity contribution < 1.29 is 9.64 Å². The van der Waals surface area contributed by atoms with Gasteiger partial charge in [-0.3, -0.25) is 0 Å². The van der Waals surface area contributed by atoms with E-state index >= 15 is 0 Å². The predicted octanol–water partition coefficient (Wildman–Crippen LogP) is 0.898. The van der Waals surface area contributed by atoms with Crippen LogP contribution in [-0.2, 0) is 0 Å². The molecule has 0 aliphatic heterocycles. The summed E-state index contributed by atoms with van der Waals surface area (Å²) >= 11 is 5.54. The molecule has 6 nitrogen and oxygen atoms in total. The molecular formula is C8H11ClN4O2. The molecule has 1 heterocycles. The number of halogens is 1. The molecule has 0 atom stereocenters. The van der Waals surface area contributed by atoms with Gasteiger partial charge in [0.2, 0.25) is 6.20 Å². The number of rotatable bonds is 2. The number of carbonyl (C=O) groups is 1. The maximum absolute atomic E-state index is 11.2. The van der Waals surface area contributed by atoms with Crippen LogP contribution in [0.3, 0.4) is 0 Å². The van der Waals surface area contributed by atoms with Crippen LogP contribution in [0.2, 0.25) is 5.15 Å². The maximum atomic E-state index is 11.2. The van der Waals surface area contributed by atoms with Crippen molar-refractivity contribution in [3.63, 3.8) is 0 Å². The Morgan fingerprint density at radius 3 is 2.87 bits per heavy atom. The number of nitrogens with one attached hydrogen (secondary N) is 2. The van der Waals surface area contributed by atoms with Gasteiger partial charge in [-0.05, 0) is 13.8 Å². The van der Waals surface area contributed by atoms with Crippen LogP contribution < -0.4 is 15.5 Å². The number of amides is 2. The van der Waals surface area contributed by atoms with Crippen molar-refractivity contribution >= 4 is 23.3 Å². The zero-order valence-corrected chi connectivity index (χ0v) is 9.08. The first-order chi connectivity index (χ1) is 6.97. The van der Waals surface area contributed by atoms with Gasteiger partial charge in [-0.1, -0.05) is 16.4 Å². The van der Waals surface area contributed by atoms with Gasteiger partial charge < -0.3 is 15.8 Å². The summed E-state index contributed by atoms with van der Waals surface area (Å²) in [4.78, 5) is 11.5. The summed E-state index contributed by atoms with van der Waals surface area (Å²) in [5, 5.41) is 19.3. The molecule has 0 saturated carbocycles. The van der Waals surface area contributed by atoms with E-state index < -0.39 is 6.03 Å². The highest BCUT2D eigenvalue weighted by molar-refractivity contribution is 6.29. The summed E-state index contributed by atoms with van der Waals surface area (Å²) in [6.07, 6.45) is 1.12. The van der Waals surface area contributed by atoms with Crippen LogP contribution in [0.15, 0.2) is 12.3 Å². The van der Waals surface area contributed by atoms with Crippen molar-refractivity contribution in [2.75, 3.05) is 5.32 Å². The van der Waals surface area contributed by atoms with Gasteiger partial charge in [0.25, 0.3) is 0 Å². The van der Waals surface area contributed by atoms with Gasteiger partial charge in [-0.2, -0.15) is 0 Å². The van der Waals surface area contributed by atoms with E-state index in [1.807, 2.05) is 13.8 Å². The van der Waals surface area contributed by atoms with E-state index in [2.05, 4.69) is 15.7 Å². The summed E-state index contributed by atoms with van der Waals surface area (Å²) in [7, 11) is 0. The summed E-state index contributed by atoms with van der Waals surface area (Å²) in [5.41, 5.74) is 0.295. The third kappa shape index (κ3) is 3.99. The van der Waals surface area contributed by atoms with Crippen LogP contribution in [0.4, 0.5) is 10.5 Å². The monoisotopic (exact) mass is 230 g/mol. The highest BCUT2D eigenvalue weighted by Gasteiger charge is 2.07. The van der Waals surface area contributed by atoms with E-state index in [9.17, 15) is 10.0 Å². The van der Waals surface area contributed by atoms with Gasteiger partial charge in [0.1, 0.15) is 5.69 Å². The Morgan fingerprint density at radius 2 is 2.33 bits per heavy atom. The van der Waals surface area contributed by atoms with Gasteiger partial charge in [0.15, 0.2) is 5.15 Å². The molecule has 1 rings (SSSR count). The average Bonchev–Trinajstić information content (AvgIpc) is 1.98. The van der Waals surface area contributed by atoms with E-state index in [0.29, 0.717) is 5.69 Å². The normalized spacial score (nSPS) is 10.1. The molecule has 2 amide bonds. The predicted molar refractivity (Wildman–Crippen MR) is 55.5 cm³/mol. The second kappa shape index (κ2) is 4.79. The maximum Gasteiger partial charge on any atom is 0.319 e. The molecule has 0 saturated heterocycles. The van der Waals surface area contributed by atoms with E-state index in [-0.39, 0.29) is 16.0 Å². The topological polar surface area (TPSA) is 81.0 Å². The molecular weight excluding hydrogens is 220 g/mol. The van der Waals surface area contributed by atoms with Crippen LogP contribution in [-0.4, -0.2) is 17.2 Å². The number of aromatic nitrogens is 2. The smallest absolute Gasteiger partial charge is 0.319 e. The molecule has 0 aromatic carbocycles. The number of hydrogen-bond acceptors (Lipinski definition) is 3. The number of urea groups is 1. The molecule has 2 N–H and O–H groups in total. The molecule has 82 valence electrons. The van der Waals surface area contributed by atoms with Crippen molar-refractivity contribution in [3.8, 4) is 0 Å². The zero-order valence-electron chi connectivity index (χ0n) is 8.32. The van der Waals surface area contributed by atoms with Crippen LogP contribution in [0, 0.1) is 5.21 Å². The lowest BCUT2D eigenvalue weighted by Gasteiger charge is -2.09. The third-order valence-electron chi connectivity index (χ3n) is 1.40. The van der Waals surface area contributed by atoms with E-state index in [0.717, 1.165) is 6.20 Å². The molecule has 1 aromatic rings. The number of nitrogens with zero attached hydrogens (tertiary/aromatic N) is 2. The minimum absolute atomic E-state index is 0.0154. The molecule has 0 bridgehead atoms. The van der Waals surface area contributed by atoms with Crippen LogP contribution in [0.25, 0.3) is 0 Å². The molecule has 15 heavy (non-hydrogen) atoms. The Kier molecular flexibility index (Phi) is 3.68. The Labute approximate surface area is 91.8 Å². The first-order valence-corrected chi connectivity index (χ1v) is 4.69. The first kappa shape index (κ1) is 11.5. The van der Waals surface area contributed by atoms with E-state index in [4.69, 9.17) is 11.6 Å². The number of hydrogen-bond donors (Lipinski definition) is 2. The second-order valence-corrected chi connectivity index (χ2v) is 3.59. The largest absolute Gasteiger partial charge is 0.594 e. The van der Waals surface area contributed by atoms with Gasteiger partial charge in [-0.25, -0.2) is 4.79 Å². The average molecular weight is 231 g/mol. The van der Waals surface area contributed by atoms with Crippen molar-refractivity contribution in [2.45, 2.75) is 19.9 Å². The third-order valence-corrected chi connectivity index (χ3v) is 1.58. The summed E-state index contributed by atoms with van der Waals surface area (Å²) < 4.78 is 0. The molecule has 1 aromatic heterocycles. The quantitative estimate of drug-likeness (QED) is 0.585. The molecule has 0 spiro atoms. The van der Waals surface area contributed by atoms with E-state index in [1.165, 1.54) is 6.07 Å². The van der Waals surface area contributed by atoms with Crippen LogP contribution in [0.5, 0.6) is 0 Å². The first-order valence-electron chi connectivity index (χ1n) is 4.32. The molecule has 0 aliphatic carbocycles. The lowest BCUT2D eigenvalue weighted by Crippen LogP contribution is -2.36. The van der Waals surface area contributed by atoms with Crippen LogP contribution >= 0.6 is 11.6 Å². The molecule has 0 fully saturated rings. The molecule has 7 heteroatoms. The fraction of sp³-hybridized carbons (Fsp3) is 0.375. The van der Waals surface area contributed by atoms with Gasteiger partial charge in [0.05, 0.1) is 0 Å². The van der Waals surface area contributed by atoms with Crippen molar-refractivity contribution in [1.82, 2.24) is 10.4 Å². The van der Waals surface area contributed by atoms with E-state index in [1.54, 1.807) is 0 Å². The summed E-state index contributed by atoms with van der Waals surface area (Å²) in [6.45, 7) is 3.65. The number of carbonyl (C=O) groups excluding carboxylic acids is 1. The second-order valence-electron chi connectivity index (χ2n) is 3.21. The Balaban J connectivity index is 2.68. The Hall–Kier alpha value is -1.56. The lowest BCUT2D eigenvalue weighted by atomic mass is 10.4. The fourth-order valence-corrected chi connectivity index (χ4v) is 1.13. The fourth-order valence-electron chi connectivity index (χ4n) is 0.934. The standard InChI is InChI=1S/C8H11ClN4O2/c1-5(2)10-8(14)11-6-3-7(9)12-13(15)4-6/h3-5H,1-2H3,(H2,10,11,14). The molecule has 0 aliphatic rings. The van der Waals surface area contributed by atoms with Crippen molar-refractivity contribution in [2.24, 2.45) is 0 Å². The summed E-state index contributed by atoms with van der Waals surface area (Å²) in [5.74, 6) is 0. The van der Waals surface area contributed by atoms with Crippen molar-refractivity contribution in [3.05, 3.63) is 22.6 Å². The molecule has 0 unspecified atom stereocenters. The Morgan fingerprint density at radius 1 is 1.67 bits per heavy atom. The van der Waals surface area contributed by atoms with Gasteiger partial charge >= 0.3 is 6.03 Å². The highest BCUT2D eigenvalue weighted by Crippen LogP contribution is 2.08. The highest BCUT2D eigenvalue weighted by atomic mass is 35.5. The molecule has 0 radical (unpaired) electrons. The lowest BCUT2D eigenvalue weighted by molar-refractivity contribution is -0.668. The zero-order chi connectivity index (χ0) is 11.4. The minimum Gasteiger partial charge on any atom is -0.594 e. The van der Waals surface area contributed by atoms with Crippen molar-refractivity contribution in [1.29, 1.82) is 0 Å².